The maximum Gasteiger partial charge on any atom is 0.488 e. The van der Waals surface area contributed by atoms with Gasteiger partial charge in [-0.25, -0.2) is 36.9 Å². The molecule has 6 aromatic carbocycles. The summed E-state index contributed by atoms with van der Waals surface area (Å²) in [6, 6.07) is 38.3. The highest BCUT2D eigenvalue weighted by Crippen LogP contribution is 2.23. The van der Waals surface area contributed by atoms with E-state index >= 15 is 0 Å². The standard InChI is InChI=1S/C15H12FN3.C9H7BrFN3.C7H5Br2F.C7H6BrF.C6H7BO2.3CH4/c16-15-7-6-13(12-4-2-1-3-5-12)8-14(15)9-19-11-17-10-18-19;10-8-1-2-9(11)7(3-8)4-14-6-12-5-13-14;8-4-5-3-6(9)1-2-7(5)10;1-5-4-6(8)2-3-7(5)9;8-7(9)6-4-2-1-3-5-6;;;/h1-8,10-11H,9H2;1-3,5-6H,4H2;1-3H,4H2;2-4H,1H3;1-5,8-9H;3*1H4. The lowest BCUT2D eigenvalue weighted by atomic mass is 9.81. The Morgan fingerprint density at radius 1 is 0.516 bits per heavy atom. The first-order valence-electron chi connectivity index (χ1n) is 18.1. The van der Waals surface area contributed by atoms with Crippen molar-refractivity contribution >= 4 is 76.3 Å². The third-order valence-electron chi connectivity index (χ3n) is 8.13. The number of nitrogens with zero attached hydrogens (tertiary/aromatic N) is 6. The van der Waals surface area contributed by atoms with E-state index in [1.807, 2.05) is 42.5 Å². The van der Waals surface area contributed by atoms with Crippen LogP contribution >= 0.6 is 63.7 Å². The Labute approximate surface area is 407 Å². The van der Waals surface area contributed by atoms with E-state index in [-0.39, 0.29) is 45.5 Å². The molecule has 17 heteroatoms. The molecule has 2 N–H and O–H groups in total. The van der Waals surface area contributed by atoms with Crippen LogP contribution in [0.15, 0.2) is 172 Å². The van der Waals surface area contributed by atoms with Gasteiger partial charge in [0.1, 0.15) is 48.6 Å². The smallest absolute Gasteiger partial charge is 0.423 e. The Kier molecular flexibility index (Phi) is 27.2. The van der Waals surface area contributed by atoms with Gasteiger partial charge >= 0.3 is 7.12 Å². The molecule has 0 saturated heterocycles. The molecule has 8 rings (SSSR count). The van der Waals surface area contributed by atoms with Gasteiger partial charge in [-0.15, -0.1) is 0 Å². The van der Waals surface area contributed by atoms with Gasteiger partial charge < -0.3 is 10.0 Å². The summed E-state index contributed by atoms with van der Waals surface area (Å²) in [4.78, 5) is 7.65. The quantitative estimate of drug-likeness (QED) is 0.0936. The van der Waals surface area contributed by atoms with Gasteiger partial charge in [-0.3, -0.25) is 0 Å². The number of hydrogen-bond acceptors (Lipinski definition) is 6. The minimum absolute atomic E-state index is 0. The highest BCUT2D eigenvalue weighted by molar-refractivity contribution is 9.11. The minimum atomic E-state index is -1.34. The molecule has 2 aromatic heterocycles. The molecule has 8 aromatic rings. The van der Waals surface area contributed by atoms with Gasteiger partial charge in [0.25, 0.3) is 0 Å². The molecular weight excluding hydrogens is 1090 g/mol. The van der Waals surface area contributed by atoms with E-state index in [0.717, 1.165) is 24.5 Å². The number of hydrogen-bond donors (Lipinski definition) is 2. The second kappa shape index (κ2) is 30.4. The predicted octanol–water partition coefficient (Wildman–Crippen LogP) is 13.0. The van der Waals surface area contributed by atoms with Crippen molar-refractivity contribution in [3.8, 4) is 11.1 Å². The van der Waals surface area contributed by atoms with Crippen molar-refractivity contribution in [2.45, 2.75) is 47.6 Å². The molecule has 0 amide bonds. The fraction of sp³-hybridized carbons (Fsp3) is 0.149. The summed E-state index contributed by atoms with van der Waals surface area (Å²) in [6.07, 6.45) is 6.00. The van der Waals surface area contributed by atoms with Gasteiger partial charge in [0, 0.05) is 29.9 Å². The van der Waals surface area contributed by atoms with Crippen LogP contribution in [0.25, 0.3) is 11.1 Å². The van der Waals surface area contributed by atoms with Gasteiger partial charge in [-0.2, -0.15) is 10.2 Å². The van der Waals surface area contributed by atoms with Crippen molar-refractivity contribution < 1.29 is 27.6 Å². The van der Waals surface area contributed by atoms with Gasteiger partial charge in [0.05, 0.1) is 13.1 Å². The molecule has 2 heterocycles. The Hall–Kier alpha value is -4.78. The van der Waals surface area contributed by atoms with Gasteiger partial charge in [0.15, 0.2) is 0 Å². The zero-order valence-corrected chi connectivity index (χ0v) is 38.7. The summed E-state index contributed by atoms with van der Waals surface area (Å²) in [5, 5.41) is 25.6. The first-order chi connectivity index (χ1) is 29.3. The second-order valence-electron chi connectivity index (χ2n) is 12.6. The first kappa shape index (κ1) is 57.2. The molecule has 0 aliphatic rings. The summed E-state index contributed by atoms with van der Waals surface area (Å²) in [5.41, 5.74) is 5.13. The van der Waals surface area contributed by atoms with Crippen LogP contribution in [0, 0.1) is 30.2 Å². The maximum absolute atomic E-state index is 13.8. The lowest BCUT2D eigenvalue weighted by molar-refractivity contribution is 0.426. The predicted molar refractivity (Wildman–Crippen MR) is 266 cm³/mol. The summed E-state index contributed by atoms with van der Waals surface area (Å²) in [6.45, 7) is 2.51. The van der Waals surface area contributed by atoms with Crippen LogP contribution in [0.4, 0.5) is 17.6 Å². The lowest BCUT2D eigenvalue weighted by Gasteiger charge is -2.07. The summed E-state index contributed by atoms with van der Waals surface area (Å²) >= 11 is 12.9. The number of benzene rings is 6. The van der Waals surface area contributed by atoms with E-state index < -0.39 is 7.12 Å². The molecule has 0 fully saturated rings. The maximum atomic E-state index is 13.8. The molecule has 64 heavy (non-hydrogen) atoms. The second-order valence-corrected chi connectivity index (χ2v) is 15.9. The molecule has 0 saturated carbocycles. The summed E-state index contributed by atoms with van der Waals surface area (Å²) < 4.78 is 58.1. The molecule has 0 bridgehead atoms. The highest BCUT2D eigenvalue weighted by Gasteiger charge is 2.08. The zero-order valence-electron chi connectivity index (χ0n) is 32.3. The Morgan fingerprint density at radius 3 is 1.34 bits per heavy atom. The van der Waals surface area contributed by atoms with Crippen molar-refractivity contribution in [1.29, 1.82) is 0 Å². The normalized spacial score (nSPS) is 9.61. The van der Waals surface area contributed by atoms with Crippen LogP contribution in [0.2, 0.25) is 0 Å². The zero-order chi connectivity index (χ0) is 44.1. The SMILES string of the molecule is C.C.C.Cc1cc(Br)ccc1F.Fc1ccc(-c2ccccc2)cc1Cn1cncn1.Fc1ccc(Br)cc1CBr.Fc1ccc(Br)cc1Cn1cncn1.OB(O)c1ccccc1. The van der Waals surface area contributed by atoms with E-state index in [1.165, 1.54) is 36.9 Å². The van der Waals surface area contributed by atoms with E-state index in [1.54, 1.807) is 95.7 Å². The molecule has 0 radical (unpaired) electrons. The van der Waals surface area contributed by atoms with Crippen LogP contribution < -0.4 is 5.46 Å². The molecule has 0 spiro atoms. The molecule has 0 aliphatic heterocycles. The van der Waals surface area contributed by atoms with Crippen LogP contribution in [0.5, 0.6) is 0 Å². The molecular formula is C47H49BBr4F4N6O2. The lowest BCUT2D eigenvalue weighted by Crippen LogP contribution is -2.29. The average Bonchev–Trinajstić information content (AvgIpc) is 3.99. The minimum Gasteiger partial charge on any atom is -0.423 e. The van der Waals surface area contributed by atoms with Crippen LogP contribution in [0.1, 0.15) is 44.5 Å². The van der Waals surface area contributed by atoms with Gasteiger partial charge in [-0.05, 0) is 101 Å². The monoisotopic (exact) mass is 1130 g/mol. The van der Waals surface area contributed by atoms with Gasteiger partial charge in [-0.1, -0.05) is 153 Å². The summed E-state index contributed by atoms with van der Waals surface area (Å²) in [7, 11) is -1.34. The van der Waals surface area contributed by atoms with Crippen molar-refractivity contribution in [2.75, 3.05) is 0 Å². The highest BCUT2D eigenvalue weighted by atomic mass is 79.9. The molecule has 0 aliphatic carbocycles. The van der Waals surface area contributed by atoms with Gasteiger partial charge in [0.2, 0.25) is 0 Å². The van der Waals surface area contributed by atoms with E-state index in [2.05, 4.69) is 83.9 Å². The Bertz CT molecular complexity index is 2510. The van der Waals surface area contributed by atoms with Crippen LogP contribution in [-0.4, -0.2) is 46.7 Å². The molecule has 0 unspecified atom stereocenters. The molecule has 8 nitrogen and oxygen atoms in total. The van der Waals surface area contributed by atoms with Crippen LogP contribution in [0.3, 0.4) is 0 Å². The van der Waals surface area contributed by atoms with Crippen molar-refractivity contribution in [3.63, 3.8) is 0 Å². The fourth-order valence-corrected chi connectivity index (χ4v) is 6.75. The average molecular weight is 1140 g/mol. The van der Waals surface area contributed by atoms with Crippen molar-refractivity contribution in [1.82, 2.24) is 29.5 Å². The Balaban J connectivity index is 0.000000409. The molecule has 0 atom stereocenters. The first-order valence-corrected chi connectivity index (χ1v) is 21.6. The van der Waals surface area contributed by atoms with Crippen molar-refractivity contribution in [2.24, 2.45) is 0 Å². The number of rotatable bonds is 7. The number of aryl methyl sites for hydroxylation is 1. The Morgan fingerprint density at radius 2 is 0.938 bits per heavy atom. The van der Waals surface area contributed by atoms with E-state index in [4.69, 9.17) is 10.0 Å². The number of aromatic nitrogens is 6. The third kappa shape index (κ3) is 19.9. The summed E-state index contributed by atoms with van der Waals surface area (Å²) in [5.74, 6) is -0.780. The topological polar surface area (TPSA) is 102 Å². The fourth-order valence-electron chi connectivity index (χ4n) is 5.03. The number of alkyl halides is 1. The van der Waals surface area contributed by atoms with E-state index in [9.17, 15) is 17.6 Å². The molecule has 338 valence electrons. The third-order valence-corrected chi connectivity index (χ3v) is 10.2. The number of halogens is 8. The van der Waals surface area contributed by atoms with E-state index in [0.29, 0.717) is 46.1 Å². The van der Waals surface area contributed by atoms with Crippen LogP contribution in [-0.2, 0) is 18.4 Å². The van der Waals surface area contributed by atoms with Crippen molar-refractivity contribution in [3.05, 3.63) is 218 Å². The largest absolute Gasteiger partial charge is 0.488 e.